The lowest BCUT2D eigenvalue weighted by Crippen LogP contribution is -2.24. The molecule has 0 aliphatic heterocycles. The highest BCUT2D eigenvalue weighted by Crippen LogP contribution is 2.17. The molecule has 0 heterocycles. The van der Waals surface area contributed by atoms with Crippen LogP contribution in [0.4, 0.5) is 0 Å². The van der Waals surface area contributed by atoms with Crippen molar-refractivity contribution in [1.29, 1.82) is 0 Å². The van der Waals surface area contributed by atoms with Crippen molar-refractivity contribution < 1.29 is 14.3 Å². The number of hydrogen-bond donors (Lipinski definition) is 1. The van der Waals surface area contributed by atoms with E-state index in [2.05, 4.69) is 10.5 Å². The van der Waals surface area contributed by atoms with Crippen molar-refractivity contribution in [2.24, 2.45) is 5.10 Å². The van der Waals surface area contributed by atoms with Crippen LogP contribution in [-0.4, -0.2) is 25.8 Å². The van der Waals surface area contributed by atoms with Crippen LogP contribution in [0.2, 0.25) is 0 Å². The number of nitrogens with zero attached hydrogens (tertiary/aromatic N) is 1. The van der Waals surface area contributed by atoms with Gasteiger partial charge < -0.3 is 9.47 Å². The molecule has 24 heavy (non-hydrogen) atoms. The Bertz CT molecular complexity index is 734. The molecule has 5 nitrogen and oxygen atoms in total. The van der Waals surface area contributed by atoms with Gasteiger partial charge in [0.05, 0.1) is 13.3 Å². The first-order valence-electron chi connectivity index (χ1n) is 7.65. The van der Waals surface area contributed by atoms with Gasteiger partial charge in [-0.15, -0.1) is 0 Å². The molecule has 2 rings (SSSR count). The summed E-state index contributed by atoms with van der Waals surface area (Å²) in [5.74, 6) is 1.19. The van der Waals surface area contributed by atoms with Gasteiger partial charge in [0.15, 0.2) is 6.61 Å². The molecule has 0 saturated heterocycles. The molecule has 1 amide bonds. The van der Waals surface area contributed by atoms with Crippen molar-refractivity contribution in [2.45, 2.75) is 20.8 Å². The van der Waals surface area contributed by atoms with Gasteiger partial charge in [-0.3, -0.25) is 4.79 Å². The van der Waals surface area contributed by atoms with E-state index in [1.165, 1.54) is 0 Å². The third-order valence-electron chi connectivity index (χ3n) is 3.39. The first-order valence-corrected chi connectivity index (χ1v) is 7.65. The summed E-state index contributed by atoms with van der Waals surface area (Å²) in [7, 11) is 1.63. The molecule has 0 radical (unpaired) electrons. The Kier molecular flexibility index (Phi) is 5.95. The van der Waals surface area contributed by atoms with Crippen LogP contribution < -0.4 is 14.9 Å². The number of benzene rings is 2. The Morgan fingerprint density at radius 2 is 1.83 bits per heavy atom. The van der Waals surface area contributed by atoms with Crippen LogP contribution in [0.25, 0.3) is 0 Å². The number of hydrogen-bond acceptors (Lipinski definition) is 4. The van der Waals surface area contributed by atoms with E-state index in [0.29, 0.717) is 5.75 Å². The topological polar surface area (TPSA) is 59.9 Å². The standard InChI is InChI=1S/C19H22N2O3/c1-13-7-14(2)9-17(8-13)24-12-19(22)21-20-11-16-5-6-18(23-4)15(3)10-16/h5-11H,12H2,1-4H3,(H,21,22)/b20-11+. The van der Waals surface area contributed by atoms with Gasteiger partial charge in [0, 0.05) is 0 Å². The SMILES string of the molecule is COc1ccc(/C=N/NC(=O)COc2cc(C)cc(C)c2)cc1C. The number of carbonyl (C=O) groups excluding carboxylic acids is 1. The van der Waals surface area contributed by atoms with Crippen LogP contribution >= 0.6 is 0 Å². The minimum Gasteiger partial charge on any atom is -0.496 e. The second-order valence-corrected chi connectivity index (χ2v) is 5.63. The van der Waals surface area contributed by atoms with Crippen molar-refractivity contribution in [2.75, 3.05) is 13.7 Å². The normalized spacial score (nSPS) is 10.7. The smallest absolute Gasteiger partial charge is 0.277 e. The van der Waals surface area contributed by atoms with Crippen LogP contribution in [0.1, 0.15) is 22.3 Å². The summed E-state index contributed by atoms with van der Waals surface area (Å²) < 4.78 is 10.7. The lowest BCUT2D eigenvalue weighted by molar-refractivity contribution is -0.123. The third-order valence-corrected chi connectivity index (χ3v) is 3.39. The molecule has 0 atom stereocenters. The van der Waals surface area contributed by atoms with Gasteiger partial charge in [0.1, 0.15) is 11.5 Å². The summed E-state index contributed by atoms with van der Waals surface area (Å²) >= 11 is 0. The predicted molar refractivity (Wildman–Crippen MR) is 94.9 cm³/mol. The van der Waals surface area contributed by atoms with Crippen molar-refractivity contribution in [1.82, 2.24) is 5.43 Å². The molecule has 1 N–H and O–H groups in total. The van der Waals surface area contributed by atoms with Crippen molar-refractivity contribution in [3.05, 3.63) is 58.7 Å². The molecule has 2 aromatic rings. The first-order chi connectivity index (χ1) is 11.5. The van der Waals surface area contributed by atoms with Gasteiger partial charge in [-0.1, -0.05) is 6.07 Å². The van der Waals surface area contributed by atoms with Crippen LogP contribution in [0, 0.1) is 20.8 Å². The largest absolute Gasteiger partial charge is 0.496 e. The molecule has 5 heteroatoms. The predicted octanol–water partition coefficient (Wildman–Crippen LogP) is 3.15. The minimum atomic E-state index is -0.310. The average Bonchev–Trinajstić information content (AvgIpc) is 2.52. The minimum absolute atomic E-state index is 0.0815. The monoisotopic (exact) mass is 326 g/mol. The number of aryl methyl sites for hydroxylation is 3. The number of amides is 1. The molecule has 0 spiro atoms. The van der Waals surface area contributed by atoms with E-state index in [-0.39, 0.29) is 12.5 Å². The van der Waals surface area contributed by atoms with Gasteiger partial charge in [0.2, 0.25) is 0 Å². The van der Waals surface area contributed by atoms with E-state index < -0.39 is 0 Å². The van der Waals surface area contributed by atoms with E-state index in [9.17, 15) is 4.79 Å². The number of nitrogens with one attached hydrogen (secondary N) is 1. The second-order valence-electron chi connectivity index (χ2n) is 5.63. The fraction of sp³-hybridized carbons (Fsp3) is 0.263. The highest BCUT2D eigenvalue weighted by molar-refractivity contribution is 5.83. The van der Waals surface area contributed by atoms with Crippen LogP contribution in [0.15, 0.2) is 41.5 Å². The fourth-order valence-corrected chi connectivity index (χ4v) is 2.36. The maximum absolute atomic E-state index is 11.8. The third kappa shape index (κ3) is 5.12. The van der Waals surface area contributed by atoms with Crippen molar-refractivity contribution >= 4 is 12.1 Å². The van der Waals surface area contributed by atoms with Gasteiger partial charge in [0.25, 0.3) is 5.91 Å². The maximum Gasteiger partial charge on any atom is 0.277 e. The summed E-state index contributed by atoms with van der Waals surface area (Å²) in [6.07, 6.45) is 1.58. The van der Waals surface area contributed by atoms with Crippen molar-refractivity contribution in [3.63, 3.8) is 0 Å². The van der Waals surface area contributed by atoms with E-state index in [0.717, 1.165) is 28.0 Å². The highest BCUT2D eigenvalue weighted by atomic mass is 16.5. The summed E-state index contributed by atoms with van der Waals surface area (Å²) in [4.78, 5) is 11.8. The Morgan fingerprint density at radius 3 is 2.46 bits per heavy atom. The molecule has 0 saturated carbocycles. The Labute approximate surface area is 142 Å². The summed E-state index contributed by atoms with van der Waals surface area (Å²) in [6, 6.07) is 11.5. The molecular formula is C19H22N2O3. The quantitative estimate of drug-likeness (QED) is 0.655. The average molecular weight is 326 g/mol. The number of methoxy groups -OCH3 is 1. The van der Waals surface area contributed by atoms with Crippen LogP contribution in [0.5, 0.6) is 11.5 Å². The fourth-order valence-electron chi connectivity index (χ4n) is 2.36. The Morgan fingerprint density at radius 1 is 1.12 bits per heavy atom. The molecule has 0 bridgehead atoms. The van der Waals surface area contributed by atoms with Gasteiger partial charge in [-0.05, 0) is 73.4 Å². The molecular weight excluding hydrogens is 304 g/mol. The zero-order valence-corrected chi connectivity index (χ0v) is 14.4. The second kappa shape index (κ2) is 8.15. The zero-order chi connectivity index (χ0) is 17.5. The molecule has 0 aliphatic carbocycles. The molecule has 0 unspecified atom stereocenters. The number of ether oxygens (including phenoxy) is 2. The van der Waals surface area contributed by atoms with Crippen molar-refractivity contribution in [3.8, 4) is 11.5 Å². The summed E-state index contributed by atoms with van der Waals surface area (Å²) in [5.41, 5.74) is 6.53. The Hall–Kier alpha value is -2.82. The first kappa shape index (κ1) is 17.5. The van der Waals surface area contributed by atoms with E-state index >= 15 is 0 Å². The maximum atomic E-state index is 11.8. The molecule has 2 aromatic carbocycles. The Balaban J connectivity index is 1.85. The van der Waals surface area contributed by atoms with E-state index in [1.807, 2.05) is 57.2 Å². The molecule has 126 valence electrons. The molecule has 0 aromatic heterocycles. The van der Waals surface area contributed by atoms with E-state index in [1.54, 1.807) is 13.3 Å². The molecule has 0 aliphatic rings. The number of carbonyl (C=O) groups is 1. The highest BCUT2D eigenvalue weighted by Gasteiger charge is 2.03. The summed E-state index contributed by atoms with van der Waals surface area (Å²) in [5, 5.41) is 3.94. The zero-order valence-electron chi connectivity index (χ0n) is 14.4. The number of hydrazone groups is 1. The van der Waals surface area contributed by atoms with Crippen LogP contribution in [0.3, 0.4) is 0 Å². The van der Waals surface area contributed by atoms with Gasteiger partial charge in [-0.25, -0.2) is 5.43 Å². The molecule has 0 fully saturated rings. The number of rotatable bonds is 6. The lowest BCUT2D eigenvalue weighted by Gasteiger charge is -2.07. The van der Waals surface area contributed by atoms with E-state index in [4.69, 9.17) is 9.47 Å². The van der Waals surface area contributed by atoms with Crippen LogP contribution in [-0.2, 0) is 4.79 Å². The van der Waals surface area contributed by atoms with Gasteiger partial charge >= 0.3 is 0 Å². The lowest BCUT2D eigenvalue weighted by atomic mass is 10.1. The summed E-state index contributed by atoms with van der Waals surface area (Å²) in [6.45, 7) is 5.84. The van der Waals surface area contributed by atoms with Gasteiger partial charge in [-0.2, -0.15) is 5.10 Å².